The van der Waals surface area contributed by atoms with Crippen LogP contribution in [0.5, 0.6) is 0 Å². The molecule has 2 unspecified atom stereocenters. The molecule has 0 radical (unpaired) electrons. The molecule has 0 aliphatic heterocycles. The molecule has 0 spiro atoms. The highest BCUT2D eigenvalue weighted by Crippen LogP contribution is 2.25. The average molecular weight is 301 g/mol. The summed E-state index contributed by atoms with van der Waals surface area (Å²) < 4.78 is 0. The molecular weight excluding hydrogens is 282 g/mol. The summed E-state index contributed by atoms with van der Waals surface area (Å²) in [7, 11) is 0. The van der Waals surface area contributed by atoms with Gasteiger partial charge < -0.3 is 15.3 Å². The van der Waals surface area contributed by atoms with Crippen molar-refractivity contribution in [2.75, 3.05) is 0 Å². The van der Waals surface area contributed by atoms with Crippen LogP contribution in [0.4, 0.5) is 0 Å². The van der Waals surface area contributed by atoms with Crippen molar-refractivity contribution in [3.05, 3.63) is 56.1 Å². The Kier molecular flexibility index (Phi) is 3.69. The van der Waals surface area contributed by atoms with Crippen LogP contribution in [0.15, 0.2) is 35.1 Å². The quantitative estimate of drug-likeness (QED) is 0.689. The smallest absolute Gasteiger partial charge is 0.306 e. The number of aryl methyl sites for hydroxylation is 1. The zero-order valence-corrected chi connectivity index (χ0v) is 13.2. The van der Waals surface area contributed by atoms with Crippen molar-refractivity contribution in [1.29, 1.82) is 0 Å². The largest absolute Gasteiger partial charge is 0.323 e. The predicted octanol–water partition coefficient (Wildman–Crippen LogP) is 3.64. The SMILES string of the molecule is Cc1ccc(C(C)NC(C)c2ccc3[nH]c(=O)[nH]c3c2)s1. The lowest BCUT2D eigenvalue weighted by molar-refractivity contribution is 0.500. The van der Waals surface area contributed by atoms with Gasteiger partial charge in [-0.25, -0.2) is 4.79 Å². The normalized spacial score (nSPS) is 14.4. The van der Waals surface area contributed by atoms with E-state index in [1.54, 1.807) is 0 Å². The number of benzene rings is 1. The van der Waals surface area contributed by atoms with E-state index in [4.69, 9.17) is 0 Å². The van der Waals surface area contributed by atoms with Gasteiger partial charge in [-0.1, -0.05) is 6.07 Å². The summed E-state index contributed by atoms with van der Waals surface area (Å²) in [6, 6.07) is 10.9. The number of hydrogen-bond donors (Lipinski definition) is 3. The molecule has 0 amide bonds. The number of imidazole rings is 1. The molecule has 0 fully saturated rings. The van der Waals surface area contributed by atoms with E-state index in [9.17, 15) is 4.79 Å². The Hall–Kier alpha value is -1.85. The number of thiophene rings is 1. The van der Waals surface area contributed by atoms with E-state index < -0.39 is 0 Å². The Labute approximate surface area is 127 Å². The molecule has 0 saturated carbocycles. The summed E-state index contributed by atoms with van der Waals surface area (Å²) in [6.45, 7) is 6.45. The number of fused-ring (bicyclic) bond motifs is 1. The second-order valence-electron chi connectivity index (χ2n) is 5.44. The Morgan fingerprint density at radius 1 is 1.05 bits per heavy atom. The highest BCUT2D eigenvalue weighted by molar-refractivity contribution is 7.12. The highest BCUT2D eigenvalue weighted by atomic mass is 32.1. The number of hydrogen-bond acceptors (Lipinski definition) is 3. The third-order valence-corrected chi connectivity index (χ3v) is 4.91. The highest BCUT2D eigenvalue weighted by Gasteiger charge is 2.13. The van der Waals surface area contributed by atoms with Crippen molar-refractivity contribution in [2.24, 2.45) is 0 Å². The molecular formula is C16H19N3OS. The molecule has 4 nitrogen and oxygen atoms in total. The van der Waals surface area contributed by atoms with Crippen LogP contribution in [0.25, 0.3) is 11.0 Å². The molecule has 21 heavy (non-hydrogen) atoms. The van der Waals surface area contributed by atoms with Gasteiger partial charge in [-0.2, -0.15) is 0 Å². The van der Waals surface area contributed by atoms with Crippen LogP contribution in [0.3, 0.4) is 0 Å². The van der Waals surface area contributed by atoms with Crippen LogP contribution in [-0.2, 0) is 0 Å². The number of H-pyrrole nitrogens is 2. The van der Waals surface area contributed by atoms with Gasteiger partial charge in [-0.15, -0.1) is 11.3 Å². The topological polar surface area (TPSA) is 60.7 Å². The minimum absolute atomic E-state index is 0.162. The van der Waals surface area contributed by atoms with Crippen molar-refractivity contribution in [3.8, 4) is 0 Å². The number of aromatic amines is 2. The monoisotopic (exact) mass is 301 g/mol. The van der Waals surface area contributed by atoms with Gasteiger partial charge in [0.15, 0.2) is 0 Å². The summed E-state index contributed by atoms with van der Waals surface area (Å²) in [5.41, 5.74) is 2.70. The van der Waals surface area contributed by atoms with E-state index in [0.29, 0.717) is 6.04 Å². The number of aromatic nitrogens is 2. The fourth-order valence-electron chi connectivity index (χ4n) is 2.56. The molecule has 0 bridgehead atoms. The van der Waals surface area contributed by atoms with Gasteiger partial charge in [0.05, 0.1) is 11.0 Å². The number of rotatable bonds is 4. The van der Waals surface area contributed by atoms with Crippen LogP contribution in [-0.4, -0.2) is 9.97 Å². The molecule has 1 aromatic carbocycles. The second kappa shape index (κ2) is 5.50. The first-order chi connectivity index (χ1) is 10.0. The first-order valence-electron chi connectivity index (χ1n) is 7.07. The summed E-state index contributed by atoms with van der Waals surface area (Å²) in [5, 5.41) is 3.61. The molecule has 0 aliphatic rings. The Balaban J connectivity index is 1.79. The fraction of sp³-hybridized carbons (Fsp3) is 0.312. The van der Waals surface area contributed by atoms with Crippen molar-refractivity contribution in [1.82, 2.24) is 15.3 Å². The summed E-state index contributed by atoms with van der Waals surface area (Å²) in [6.07, 6.45) is 0. The molecule has 2 atom stereocenters. The molecule has 5 heteroatoms. The van der Waals surface area contributed by atoms with Gasteiger partial charge in [0.1, 0.15) is 0 Å². The van der Waals surface area contributed by atoms with Gasteiger partial charge in [0, 0.05) is 21.8 Å². The van der Waals surface area contributed by atoms with Gasteiger partial charge in [-0.05, 0) is 50.6 Å². The van der Waals surface area contributed by atoms with E-state index in [1.165, 1.54) is 9.75 Å². The molecule has 2 heterocycles. The van der Waals surface area contributed by atoms with Crippen molar-refractivity contribution < 1.29 is 0 Å². The molecule has 110 valence electrons. The van der Waals surface area contributed by atoms with E-state index >= 15 is 0 Å². The Morgan fingerprint density at radius 2 is 1.81 bits per heavy atom. The first-order valence-corrected chi connectivity index (χ1v) is 7.89. The lowest BCUT2D eigenvalue weighted by atomic mass is 10.1. The third-order valence-electron chi connectivity index (χ3n) is 3.73. The van der Waals surface area contributed by atoms with Crippen molar-refractivity contribution in [3.63, 3.8) is 0 Å². The molecule has 3 rings (SSSR count). The summed E-state index contributed by atoms with van der Waals surface area (Å²) >= 11 is 1.82. The molecule has 2 aromatic heterocycles. The van der Waals surface area contributed by atoms with Gasteiger partial charge in [-0.3, -0.25) is 0 Å². The van der Waals surface area contributed by atoms with E-state index in [1.807, 2.05) is 23.5 Å². The van der Waals surface area contributed by atoms with E-state index in [0.717, 1.165) is 16.6 Å². The van der Waals surface area contributed by atoms with Crippen LogP contribution in [0, 0.1) is 6.92 Å². The van der Waals surface area contributed by atoms with Crippen LogP contribution >= 0.6 is 11.3 Å². The van der Waals surface area contributed by atoms with E-state index in [2.05, 4.69) is 54.3 Å². The van der Waals surface area contributed by atoms with Crippen molar-refractivity contribution >= 4 is 22.4 Å². The Morgan fingerprint density at radius 3 is 2.52 bits per heavy atom. The molecule has 3 N–H and O–H groups in total. The fourth-order valence-corrected chi connectivity index (χ4v) is 3.45. The average Bonchev–Trinajstić information content (AvgIpc) is 3.02. The summed E-state index contributed by atoms with van der Waals surface area (Å²) in [4.78, 5) is 19.6. The molecule has 3 aromatic rings. The van der Waals surface area contributed by atoms with Gasteiger partial charge >= 0.3 is 5.69 Å². The zero-order chi connectivity index (χ0) is 15.0. The standard InChI is InChI=1S/C16H19N3OS/c1-9-4-7-15(21-9)11(3)17-10(2)12-5-6-13-14(8-12)19-16(20)18-13/h4-8,10-11,17H,1-3H3,(H2,18,19,20). The maximum atomic E-state index is 11.3. The lowest BCUT2D eigenvalue weighted by Gasteiger charge is -2.19. The van der Waals surface area contributed by atoms with Gasteiger partial charge in [0.2, 0.25) is 0 Å². The third kappa shape index (κ3) is 2.94. The minimum Gasteiger partial charge on any atom is -0.306 e. The second-order valence-corrected chi connectivity index (χ2v) is 6.76. The zero-order valence-electron chi connectivity index (χ0n) is 12.4. The van der Waals surface area contributed by atoms with Crippen molar-refractivity contribution in [2.45, 2.75) is 32.9 Å². The minimum atomic E-state index is -0.162. The van der Waals surface area contributed by atoms with Crippen LogP contribution < -0.4 is 11.0 Å². The Bertz CT molecular complexity index is 814. The maximum Gasteiger partial charge on any atom is 0.323 e. The molecule has 0 saturated heterocycles. The summed E-state index contributed by atoms with van der Waals surface area (Å²) in [5.74, 6) is 0. The van der Waals surface area contributed by atoms with Crippen LogP contribution in [0.2, 0.25) is 0 Å². The first kappa shape index (κ1) is 14.1. The van der Waals surface area contributed by atoms with Crippen LogP contribution in [0.1, 0.15) is 41.2 Å². The molecule has 0 aliphatic carbocycles. The lowest BCUT2D eigenvalue weighted by Crippen LogP contribution is -2.21. The van der Waals surface area contributed by atoms with Gasteiger partial charge in [0.25, 0.3) is 0 Å². The number of nitrogens with one attached hydrogen (secondary N) is 3. The maximum absolute atomic E-state index is 11.3. The van der Waals surface area contributed by atoms with E-state index in [-0.39, 0.29) is 11.7 Å². The predicted molar refractivity (Wildman–Crippen MR) is 87.9 cm³/mol.